The van der Waals surface area contributed by atoms with Crippen molar-refractivity contribution in [2.24, 2.45) is 5.16 Å². The summed E-state index contributed by atoms with van der Waals surface area (Å²) in [6.07, 6.45) is -3.09. The Kier molecular flexibility index (Phi) is 10.1. The number of unbranched alkanes of at least 4 members (excludes halogenated alkanes) is 1. The minimum Gasteiger partial charge on any atom is -0.617 e. The van der Waals surface area contributed by atoms with Crippen LogP contribution in [0, 0.1) is 0 Å². The van der Waals surface area contributed by atoms with Gasteiger partial charge in [0.25, 0.3) is 0 Å². The fourth-order valence-corrected chi connectivity index (χ4v) is 4.05. The van der Waals surface area contributed by atoms with E-state index >= 15 is 0 Å². The van der Waals surface area contributed by atoms with Crippen LogP contribution in [0.4, 0.5) is 0 Å². The van der Waals surface area contributed by atoms with E-state index in [9.17, 15) is 28.3 Å². The van der Waals surface area contributed by atoms with Crippen LogP contribution in [0.2, 0.25) is 0 Å². The van der Waals surface area contributed by atoms with Gasteiger partial charge in [0.2, 0.25) is 0 Å². The molecule has 0 aliphatic carbocycles. The quantitative estimate of drug-likeness (QED) is 0.0683. The molecule has 26 heavy (non-hydrogen) atoms. The lowest BCUT2D eigenvalue weighted by atomic mass is 10.0. The third kappa shape index (κ3) is 8.24. The SMILES string of the molecule is C[S@@+]([O-])CCCC/C(=N/OS(=O)(=O)O)S[C@@H]1OC(CO)[C@@H](O)C(O)C1O. The van der Waals surface area contributed by atoms with Crippen LogP contribution in [0.5, 0.6) is 0 Å². The lowest BCUT2D eigenvalue weighted by molar-refractivity contribution is -0.205. The minimum absolute atomic E-state index is 0.0221. The van der Waals surface area contributed by atoms with Gasteiger partial charge in [-0.3, -0.25) is 4.55 Å². The Morgan fingerprint density at radius 3 is 2.46 bits per heavy atom. The van der Waals surface area contributed by atoms with Gasteiger partial charge in [-0.05, 0) is 19.3 Å². The number of aliphatic hydroxyl groups is 4. The van der Waals surface area contributed by atoms with Crippen molar-refractivity contribution in [2.45, 2.75) is 49.1 Å². The minimum atomic E-state index is -4.83. The van der Waals surface area contributed by atoms with E-state index in [-0.39, 0.29) is 11.5 Å². The van der Waals surface area contributed by atoms with Crippen LogP contribution in [0.1, 0.15) is 19.3 Å². The fraction of sp³-hybridized carbons (Fsp3) is 0.917. The maximum atomic E-state index is 11.1. The van der Waals surface area contributed by atoms with Crippen molar-refractivity contribution in [3.8, 4) is 0 Å². The summed E-state index contributed by atoms with van der Waals surface area (Å²) in [6, 6.07) is 0. The molecule has 0 aromatic heterocycles. The number of ether oxygens (including phenoxy) is 1. The van der Waals surface area contributed by atoms with Crippen molar-refractivity contribution in [3.63, 3.8) is 0 Å². The molecule has 1 saturated heterocycles. The maximum Gasteiger partial charge on any atom is 0.466 e. The third-order valence-electron chi connectivity index (χ3n) is 3.41. The zero-order valence-electron chi connectivity index (χ0n) is 13.9. The second-order valence-corrected chi connectivity index (χ2v) is 9.27. The van der Waals surface area contributed by atoms with E-state index < -0.39 is 58.0 Å². The van der Waals surface area contributed by atoms with E-state index in [4.69, 9.17) is 14.4 Å². The Morgan fingerprint density at radius 1 is 1.27 bits per heavy atom. The number of rotatable bonds is 9. The molecule has 3 unspecified atom stereocenters. The van der Waals surface area contributed by atoms with Crippen LogP contribution >= 0.6 is 11.8 Å². The number of aliphatic hydroxyl groups excluding tert-OH is 4. The second kappa shape index (κ2) is 11.0. The lowest BCUT2D eigenvalue weighted by Gasteiger charge is -2.39. The molecular formula is C12H23NO10S3. The van der Waals surface area contributed by atoms with E-state index in [0.29, 0.717) is 18.6 Å². The first-order valence-electron chi connectivity index (χ1n) is 7.55. The first-order valence-corrected chi connectivity index (χ1v) is 11.5. The van der Waals surface area contributed by atoms with E-state index in [1.165, 1.54) is 0 Å². The molecule has 0 radical (unpaired) electrons. The molecule has 1 rings (SSSR count). The zero-order chi connectivity index (χ0) is 19.9. The highest BCUT2D eigenvalue weighted by Gasteiger charge is 2.44. The van der Waals surface area contributed by atoms with E-state index in [1.807, 2.05) is 0 Å². The normalized spacial score (nSPS) is 31.7. The molecule has 0 aromatic rings. The van der Waals surface area contributed by atoms with Gasteiger partial charge >= 0.3 is 10.4 Å². The average molecular weight is 438 g/mol. The molecule has 0 aromatic carbocycles. The van der Waals surface area contributed by atoms with Crippen molar-refractivity contribution < 1.29 is 47.0 Å². The summed E-state index contributed by atoms with van der Waals surface area (Å²) in [6.45, 7) is -0.613. The van der Waals surface area contributed by atoms with Crippen molar-refractivity contribution in [3.05, 3.63) is 0 Å². The summed E-state index contributed by atoms with van der Waals surface area (Å²) in [4.78, 5) is 0. The predicted octanol–water partition coefficient (Wildman–Crippen LogP) is -1.80. The van der Waals surface area contributed by atoms with Crippen LogP contribution in [0.25, 0.3) is 0 Å². The summed E-state index contributed by atoms with van der Waals surface area (Å²) < 4.78 is 50.4. The third-order valence-corrected chi connectivity index (χ3v) is 5.71. The van der Waals surface area contributed by atoms with Gasteiger partial charge in [-0.25, -0.2) is 4.28 Å². The van der Waals surface area contributed by atoms with Crippen LogP contribution in [0.3, 0.4) is 0 Å². The summed E-state index contributed by atoms with van der Waals surface area (Å²) in [5, 5.41) is 42.0. The summed E-state index contributed by atoms with van der Waals surface area (Å²) in [5.74, 6) is 0.428. The molecule has 0 spiro atoms. The number of thioether (sulfide) groups is 1. The van der Waals surface area contributed by atoms with Gasteiger partial charge < -0.3 is 29.7 Å². The maximum absolute atomic E-state index is 11.1. The van der Waals surface area contributed by atoms with E-state index in [2.05, 4.69) is 9.44 Å². The molecule has 14 heteroatoms. The number of hydrogen-bond acceptors (Lipinski definition) is 11. The van der Waals surface area contributed by atoms with E-state index in [1.54, 1.807) is 6.26 Å². The Bertz CT molecular complexity index is 555. The summed E-state index contributed by atoms with van der Waals surface area (Å²) in [5.41, 5.74) is -1.17. The molecule has 1 fully saturated rings. The average Bonchev–Trinajstić information content (AvgIpc) is 2.55. The largest absolute Gasteiger partial charge is 0.617 e. The number of oxime groups is 1. The highest BCUT2D eigenvalue weighted by Crippen LogP contribution is 2.30. The summed E-state index contributed by atoms with van der Waals surface area (Å²) >= 11 is -0.275. The van der Waals surface area contributed by atoms with Gasteiger partial charge in [-0.2, -0.15) is 8.42 Å². The van der Waals surface area contributed by atoms with Gasteiger partial charge in [0.15, 0.2) is 0 Å². The van der Waals surface area contributed by atoms with Gasteiger partial charge in [0.05, 0.1) is 12.9 Å². The lowest BCUT2D eigenvalue weighted by Crippen LogP contribution is -2.57. The molecule has 0 saturated carbocycles. The highest BCUT2D eigenvalue weighted by molar-refractivity contribution is 8.14. The first kappa shape index (κ1) is 23.9. The Labute approximate surface area is 158 Å². The molecule has 0 bridgehead atoms. The number of nitrogens with zero attached hydrogens (tertiary/aromatic N) is 1. The molecule has 6 atom stereocenters. The first-order chi connectivity index (χ1) is 12.0. The molecule has 1 aliphatic rings. The molecule has 1 aliphatic heterocycles. The Balaban J connectivity index is 2.79. The van der Waals surface area contributed by atoms with Crippen LogP contribution in [-0.2, 0) is 30.6 Å². The van der Waals surface area contributed by atoms with Crippen molar-refractivity contribution in [1.29, 1.82) is 0 Å². The van der Waals surface area contributed by atoms with Crippen molar-refractivity contribution >= 4 is 38.4 Å². The fourth-order valence-electron chi connectivity index (χ4n) is 2.10. The molecule has 154 valence electrons. The van der Waals surface area contributed by atoms with Crippen LogP contribution in [-0.4, -0.2) is 91.5 Å². The van der Waals surface area contributed by atoms with Crippen LogP contribution in [0.15, 0.2) is 5.16 Å². The zero-order valence-corrected chi connectivity index (χ0v) is 16.3. The second-order valence-electron chi connectivity index (χ2n) is 5.54. The van der Waals surface area contributed by atoms with Gasteiger partial charge in [-0.15, -0.1) is 0 Å². The van der Waals surface area contributed by atoms with Crippen molar-refractivity contribution in [2.75, 3.05) is 18.6 Å². The summed E-state index contributed by atoms with van der Waals surface area (Å²) in [7, 11) is -4.83. The smallest absolute Gasteiger partial charge is 0.466 e. The molecule has 0 amide bonds. The molecular weight excluding hydrogens is 414 g/mol. The van der Waals surface area contributed by atoms with Gasteiger partial charge in [-0.1, -0.05) is 28.1 Å². The monoisotopic (exact) mass is 437 g/mol. The molecule has 1 heterocycles. The topological polar surface area (TPSA) is 189 Å². The Hall–Kier alpha value is -0.160. The molecule has 11 nitrogen and oxygen atoms in total. The standard InChI is InChI=1S/C12H23NO10S3/c1-25(18)5-3-2-4-8(13-23-26(19,20)21)24-12-11(17)10(16)9(15)7(6-14)22-12/h7,9-12,14-17H,2-6H2,1H3,(H,19,20,21)/b13-8-/t7?,9-,10?,11?,12+,25-/m1/s1. The van der Waals surface area contributed by atoms with Gasteiger partial charge in [0, 0.05) is 0 Å². The van der Waals surface area contributed by atoms with Gasteiger partial charge in [0.1, 0.15) is 40.6 Å². The highest BCUT2D eigenvalue weighted by atomic mass is 32.3. The Morgan fingerprint density at radius 2 is 1.92 bits per heavy atom. The van der Waals surface area contributed by atoms with E-state index in [0.717, 1.165) is 11.8 Å². The van der Waals surface area contributed by atoms with Crippen molar-refractivity contribution in [1.82, 2.24) is 0 Å². The number of hydrogen-bond donors (Lipinski definition) is 5. The predicted molar refractivity (Wildman–Crippen MR) is 94.2 cm³/mol. The molecule has 5 N–H and O–H groups in total. The van der Waals surface area contributed by atoms with Crippen LogP contribution < -0.4 is 0 Å².